The number of aromatic nitrogens is 2. The number of halogens is 1. The second-order valence-corrected chi connectivity index (χ2v) is 6.68. The van der Waals surface area contributed by atoms with E-state index in [1.54, 1.807) is 0 Å². The van der Waals surface area contributed by atoms with Crippen LogP contribution in [0.4, 0.5) is 23.1 Å². The van der Waals surface area contributed by atoms with Gasteiger partial charge >= 0.3 is 0 Å². The van der Waals surface area contributed by atoms with Gasteiger partial charge < -0.3 is 10.6 Å². The Morgan fingerprint density at radius 3 is 2.25 bits per heavy atom. The molecule has 2 aromatic carbocycles. The first-order valence-corrected chi connectivity index (χ1v) is 8.51. The van der Waals surface area contributed by atoms with Crippen LogP contribution in [-0.4, -0.2) is 9.97 Å². The lowest BCUT2D eigenvalue weighted by Crippen LogP contribution is -2.03. The van der Waals surface area contributed by atoms with Gasteiger partial charge in [-0.15, -0.1) is 0 Å². The standard InChI is InChI=1S/C19H19BrN4/c1-12-8-13(2)10-15(9-12)22-19-21-14(3)11-18(24-19)23-17-7-5-4-6-16(17)20/h4-11H,1-3H3,(H2,21,22,23,24). The maximum absolute atomic E-state index is 4.57. The highest BCUT2D eigenvalue weighted by Gasteiger charge is 2.06. The van der Waals surface area contributed by atoms with E-state index < -0.39 is 0 Å². The van der Waals surface area contributed by atoms with E-state index in [4.69, 9.17) is 0 Å². The van der Waals surface area contributed by atoms with Gasteiger partial charge in [0.15, 0.2) is 0 Å². The maximum atomic E-state index is 4.57. The number of benzene rings is 2. The first kappa shape index (κ1) is 16.5. The number of anilines is 4. The van der Waals surface area contributed by atoms with Gasteiger partial charge in [-0.1, -0.05) is 18.2 Å². The fourth-order valence-electron chi connectivity index (χ4n) is 2.56. The van der Waals surface area contributed by atoms with Crippen molar-refractivity contribution in [1.29, 1.82) is 0 Å². The van der Waals surface area contributed by atoms with Gasteiger partial charge in [-0.05, 0) is 72.1 Å². The summed E-state index contributed by atoms with van der Waals surface area (Å²) in [6.07, 6.45) is 0. The molecule has 3 aromatic rings. The van der Waals surface area contributed by atoms with Gasteiger partial charge in [-0.25, -0.2) is 4.98 Å². The molecule has 24 heavy (non-hydrogen) atoms. The number of para-hydroxylation sites is 1. The average Bonchev–Trinajstić information content (AvgIpc) is 2.48. The normalized spacial score (nSPS) is 10.5. The van der Waals surface area contributed by atoms with E-state index in [2.05, 4.69) is 68.6 Å². The van der Waals surface area contributed by atoms with Gasteiger partial charge in [0.2, 0.25) is 5.95 Å². The van der Waals surface area contributed by atoms with Crippen molar-refractivity contribution in [3.63, 3.8) is 0 Å². The van der Waals surface area contributed by atoms with Crippen LogP contribution in [-0.2, 0) is 0 Å². The minimum absolute atomic E-state index is 0.578. The summed E-state index contributed by atoms with van der Waals surface area (Å²) in [6.45, 7) is 6.12. The van der Waals surface area contributed by atoms with Crippen LogP contribution in [0, 0.1) is 20.8 Å². The van der Waals surface area contributed by atoms with Crippen LogP contribution in [0.15, 0.2) is 53.0 Å². The van der Waals surface area contributed by atoms with Gasteiger partial charge in [-0.3, -0.25) is 0 Å². The molecule has 0 atom stereocenters. The minimum Gasteiger partial charge on any atom is -0.339 e. The lowest BCUT2D eigenvalue weighted by atomic mass is 10.1. The van der Waals surface area contributed by atoms with Crippen molar-refractivity contribution in [1.82, 2.24) is 9.97 Å². The Bertz CT molecular complexity index is 857. The highest BCUT2D eigenvalue weighted by Crippen LogP contribution is 2.25. The maximum Gasteiger partial charge on any atom is 0.229 e. The smallest absolute Gasteiger partial charge is 0.229 e. The summed E-state index contributed by atoms with van der Waals surface area (Å²) in [5.41, 5.74) is 5.26. The third kappa shape index (κ3) is 4.11. The summed E-state index contributed by atoms with van der Waals surface area (Å²) in [6, 6.07) is 16.2. The molecule has 0 spiro atoms. The third-order valence-corrected chi connectivity index (χ3v) is 4.16. The topological polar surface area (TPSA) is 49.8 Å². The summed E-state index contributed by atoms with van der Waals surface area (Å²) in [5, 5.41) is 6.62. The van der Waals surface area contributed by atoms with Crippen molar-refractivity contribution < 1.29 is 0 Å². The molecule has 5 heteroatoms. The number of hydrogen-bond acceptors (Lipinski definition) is 4. The van der Waals surface area contributed by atoms with Gasteiger partial charge in [-0.2, -0.15) is 4.98 Å². The Morgan fingerprint density at radius 1 is 0.833 bits per heavy atom. The van der Waals surface area contributed by atoms with Gasteiger partial charge in [0, 0.05) is 21.9 Å². The van der Waals surface area contributed by atoms with Crippen LogP contribution >= 0.6 is 15.9 Å². The predicted molar refractivity (Wildman–Crippen MR) is 103 cm³/mol. The van der Waals surface area contributed by atoms with Crippen molar-refractivity contribution in [3.8, 4) is 0 Å². The van der Waals surface area contributed by atoms with Crippen LogP contribution < -0.4 is 10.6 Å². The largest absolute Gasteiger partial charge is 0.339 e. The highest BCUT2D eigenvalue weighted by atomic mass is 79.9. The molecule has 2 N–H and O–H groups in total. The first-order valence-electron chi connectivity index (χ1n) is 7.72. The third-order valence-electron chi connectivity index (χ3n) is 3.47. The zero-order chi connectivity index (χ0) is 17.1. The lowest BCUT2D eigenvalue weighted by molar-refractivity contribution is 1.11. The summed E-state index contributed by atoms with van der Waals surface area (Å²) >= 11 is 3.54. The van der Waals surface area contributed by atoms with Crippen molar-refractivity contribution >= 4 is 39.1 Å². The van der Waals surface area contributed by atoms with Gasteiger partial charge in [0.05, 0.1) is 5.69 Å². The van der Waals surface area contributed by atoms with Crippen molar-refractivity contribution in [3.05, 3.63) is 69.8 Å². The molecule has 3 rings (SSSR count). The molecule has 0 saturated carbocycles. The predicted octanol–water partition coefficient (Wildman–Crippen LogP) is 5.65. The molecular weight excluding hydrogens is 364 g/mol. The molecule has 0 aliphatic heterocycles. The molecular formula is C19H19BrN4. The second-order valence-electron chi connectivity index (χ2n) is 5.82. The van der Waals surface area contributed by atoms with Crippen molar-refractivity contribution in [2.24, 2.45) is 0 Å². The molecule has 0 aliphatic carbocycles. The van der Waals surface area contributed by atoms with Crippen LogP contribution in [0.1, 0.15) is 16.8 Å². The number of aryl methyl sites for hydroxylation is 3. The Morgan fingerprint density at radius 2 is 1.54 bits per heavy atom. The molecule has 122 valence electrons. The van der Waals surface area contributed by atoms with E-state index in [1.807, 2.05) is 37.3 Å². The Labute approximate surface area is 150 Å². The zero-order valence-corrected chi connectivity index (χ0v) is 15.5. The molecule has 0 aliphatic rings. The summed E-state index contributed by atoms with van der Waals surface area (Å²) in [5.74, 6) is 1.33. The highest BCUT2D eigenvalue weighted by molar-refractivity contribution is 9.10. The summed E-state index contributed by atoms with van der Waals surface area (Å²) in [4.78, 5) is 9.05. The van der Waals surface area contributed by atoms with E-state index in [0.29, 0.717) is 5.95 Å². The molecule has 4 nitrogen and oxygen atoms in total. The first-order chi connectivity index (χ1) is 11.5. The van der Waals surface area contributed by atoms with Crippen molar-refractivity contribution in [2.75, 3.05) is 10.6 Å². The molecule has 0 amide bonds. The molecule has 0 radical (unpaired) electrons. The average molecular weight is 383 g/mol. The number of rotatable bonds is 4. The van der Waals surface area contributed by atoms with Crippen LogP contribution in [0.2, 0.25) is 0 Å². The van der Waals surface area contributed by atoms with Crippen molar-refractivity contribution in [2.45, 2.75) is 20.8 Å². The molecule has 0 fully saturated rings. The summed E-state index contributed by atoms with van der Waals surface area (Å²) < 4.78 is 0.991. The van der Waals surface area contributed by atoms with Crippen LogP contribution in [0.5, 0.6) is 0 Å². The summed E-state index contributed by atoms with van der Waals surface area (Å²) in [7, 11) is 0. The van der Waals surface area contributed by atoms with Gasteiger partial charge in [0.25, 0.3) is 0 Å². The van der Waals surface area contributed by atoms with E-state index in [9.17, 15) is 0 Å². The molecule has 1 heterocycles. The molecule has 0 saturated heterocycles. The van der Waals surface area contributed by atoms with E-state index in [1.165, 1.54) is 11.1 Å². The minimum atomic E-state index is 0.578. The number of nitrogens with one attached hydrogen (secondary N) is 2. The Balaban J connectivity index is 1.87. The second kappa shape index (κ2) is 7.01. The zero-order valence-electron chi connectivity index (χ0n) is 13.9. The number of hydrogen-bond donors (Lipinski definition) is 2. The van der Waals surface area contributed by atoms with Gasteiger partial charge in [0.1, 0.15) is 5.82 Å². The fraction of sp³-hybridized carbons (Fsp3) is 0.158. The van der Waals surface area contributed by atoms with E-state index in [-0.39, 0.29) is 0 Å². The SMILES string of the molecule is Cc1cc(C)cc(Nc2nc(C)cc(Nc3ccccc3Br)n2)c1. The molecule has 1 aromatic heterocycles. The monoisotopic (exact) mass is 382 g/mol. The number of nitrogens with zero attached hydrogens (tertiary/aromatic N) is 2. The van der Waals surface area contributed by atoms with Crippen LogP contribution in [0.3, 0.4) is 0 Å². The Hall–Kier alpha value is -2.40. The fourth-order valence-corrected chi connectivity index (χ4v) is 2.95. The van der Waals surface area contributed by atoms with E-state index in [0.717, 1.165) is 27.4 Å². The van der Waals surface area contributed by atoms with E-state index >= 15 is 0 Å². The molecule has 0 unspecified atom stereocenters. The van der Waals surface area contributed by atoms with Crippen LogP contribution in [0.25, 0.3) is 0 Å². The Kier molecular flexibility index (Phi) is 4.81. The lowest BCUT2D eigenvalue weighted by Gasteiger charge is -2.12. The quantitative estimate of drug-likeness (QED) is 0.611. The molecule has 0 bridgehead atoms.